The average molecular weight is 364 g/mol. The number of nitrogens with zero attached hydrogens (tertiary/aromatic N) is 1. The third-order valence-electron chi connectivity index (χ3n) is 3.51. The maximum absolute atomic E-state index is 12.2. The van der Waals surface area contributed by atoms with E-state index < -0.39 is 11.9 Å². The Morgan fingerprint density at radius 1 is 1.11 bits per heavy atom. The first-order valence-corrected chi connectivity index (χ1v) is 8.44. The fourth-order valence-corrected chi connectivity index (χ4v) is 2.19. The molecule has 6 heteroatoms. The number of nitrogens with one attached hydrogen (secondary N) is 1. The molecule has 0 bridgehead atoms. The molecule has 0 radical (unpaired) electrons. The molecule has 0 saturated heterocycles. The highest BCUT2D eigenvalue weighted by Gasteiger charge is 2.09. The lowest BCUT2D eigenvalue weighted by molar-refractivity contribution is -0.145. The number of nitriles is 1. The molecule has 0 aromatic heterocycles. The molecule has 0 aliphatic heterocycles. The number of hydrogen-bond donors (Lipinski definition) is 1. The fourth-order valence-electron chi connectivity index (χ4n) is 2.19. The van der Waals surface area contributed by atoms with Gasteiger partial charge in [0.15, 0.2) is 6.61 Å². The Morgan fingerprint density at radius 3 is 2.44 bits per heavy atom. The molecule has 0 aliphatic rings. The van der Waals surface area contributed by atoms with Crippen molar-refractivity contribution >= 4 is 18.0 Å². The van der Waals surface area contributed by atoms with Crippen LogP contribution in [-0.4, -0.2) is 25.1 Å². The average Bonchev–Trinajstić information content (AvgIpc) is 2.70. The molecule has 1 amide bonds. The van der Waals surface area contributed by atoms with Gasteiger partial charge in [-0.15, -0.1) is 0 Å². The van der Waals surface area contributed by atoms with E-state index in [2.05, 4.69) is 5.32 Å². The van der Waals surface area contributed by atoms with Gasteiger partial charge in [-0.25, -0.2) is 4.79 Å². The summed E-state index contributed by atoms with van der Waals surface area (Å²) in [4.78, 5) is 23.4. The Morgan fingerprint density at radius 2 is 1.81 bits per heavy atom. The van der Waals surface area contributed by atoms with Gasteiger partial charge in [-0.2, -0.15) is 5.26 Å². The third-order valence-corrected chi connectivity index (χ3v) is 3.51. The molecule has 0 saturated carbocycles. The van der Waals surface area contributed by atoms with Crippen LogP contribution in [-0.2, 0) is 20.9 Å². The molecule has 2 aromatic carbocycles. The van der Waals surface area contributed by atoms with Gasteiger partial charge >= 0.3 is 5.97 Å². The molecule has 0 aliphatic carbocycles. The van der Waals surface area contributed by atoms with Crippen molar-refractivity contribution in [2.24, 2.45) is 0 Å². The van der Waals surface area contributed by atoms with Crippen LogP contribution in [0, 0.1) is 11.3 Å². The standard InChI is InChI=1S/C21H20N2O4/c1-2-26-20(24)15-27-19-10-8-16(9-11-19)12-18(13-22)21(25)23-14-17-6-4-3-5-7-17/h3-12H,2,14-15H2,1H3,(H,23,25)/b18-12-. The van der Waals surface area contributed by atoms with Gasteiger partial charge in [0.2, 0.25) is 0 Å². The maximum atomic E-state index is 12.2. The number of benzene rings is 2. The van der Waals surface area contributed by atoms with Crippen LogP contribution in [0.25, 0.3) is 6.08 Å². The summed E-state index contributed by atoms with van der Waals surface area (Å²) in [5, 5.41) is 12.0. The molecule has 2 rings (SSSR count). The van der Waals surface area contributed by atoms with Crippen molar-refractivity contribution in [2.45, 2.75) is 13.5 Å². The van der Waals surface area contributed by atoms with Gasteiger partial charge in [0, 0.05) is 6.54 Å². The van der Waals surface area contributed by atoms with Gasteiger partial charge in [-0.1, -0.05) is 42.5 Å². The van der Waals surface area contributed by atoms with Crippen molar-refractivity contribution in [3.63, 3.8) is 0 Å². The second-order valence-electron chi connectivity index (χ2n) is 5.50. The first kappa shape index (κ1) is 19.7. The number of carbonyl (C=O) groups excluding carboxylic acids is 2. The summed E-state index contributed by atoms with van der Waals surface area (Å²) in [5.74, 6) is -0.389. The zero-order chi connectivity index (χ0) is 19.5. The highest BCUT2D eigenvalue weighted by molar-refractivity contribution is 6.01. The van der Waals surface area contributed by atoms with Crippen molar-refractivity contribution in [3.8, 4) is 11.8 Å². The molecule has 0 atom stereocenters. The lowest BCUT2D eigenvalue weighted by Crippen LogP contribution is -2.23. The van der Waals surface area contributed by atoms with Crippen LogP contribution < -0.4 is 10.1 Å². The molecule has 27 heavy (non-hydrogen) atoms. The molecule has 1 N–H and O–H groups in total. The van der Waals surface area contributed by atoms with Crippen LogP contribution in [0.3, 0.4) is 0 Å². The van der Waals surface area contributed by atoms with E-state index >= 15 is 0 Å². The monoisotopic (exact) mass is 364 g/mol. The minimum atomic E-state index is -0.441. The number of amides is 1. The largest absolute Gasteiger partial charge is 0.482 e. The summed E-state index contributed by atoms with van der Waals surface area (Å²) < 4.78 is 10.1. The van der Waals surface area contributed by atoms with E-state index in [1.807, 2.05) is 36.4 Å². The molecule has 0 fully saturated rings. The summed E-state index contributed by atoms with van der Waals surface area (Å²) in [6, 6.07) is 18.1. The van der Waals surface area contributed by atoms with Crippen molar-refractivity contribution in [1.82, 2.24) is 5.32 Å². The Hall–Kier alpha value is -3.59. The van der Waals surface area contributed by atoms with Gasteiger partial charge in [-0.05, 0) is 36.3 Å². The Bertz CT molecular complexity index is 837. The predicted molar refractivity (Wildman–Crippen MR) is 100 cm³/mol. The van der Waals surface area contributed by atoms with Gasteiger partial charge in [-0.3, -0.25) is 4.79 Å². The molecule has 6 nitrogen and oxygen atoms in total. The smallest absolute Gasteiger partial charge is 0.344 e. The zero-order valence-corrected chi connectivity index (χ0v) is 15.0. The van der Waals surface area contributed by atoms with Crippen molar-refractivity contribution in [3.05, 3.63) is 71.3 Å². The first-order valence-electron chi connectivity index (χ1n) is 8.44. The summed E-state index contributed by atoms with van der Waals surface area (Å²) in [6.45, 7) is 2.20. The highest BCUT2D eigenvalue weighted by atomic mass is 16.6. The van der Waals surface area contributed by atoms with Gasteiger partial charge in [0.25, 0.3) is 5.91 Å². The second kappa shape index (κ2) is 10.4. The molecule has 0 heterocycles. The van der Waals surface area contributed by atoms with Crippen molar-refractivity contribution in [2.75, 3.05) is 13.2 Å². The number of carbonyl (C=O) groups is 2. The van der Waals surface area contributed by atoms with Crippen LogP contribution in [0.4, 0.5) is 0 Å². The molecule has 0 unspecified atom stereocenters. The summed E-state index contributed by atoms with van der Waals surface area (Å²) in [5.41, 5.74) is 1.63. The fraction of sp³-hybridized carbons (Fsp3) is 0.190. The van der Waals surface area contributed by atoms with Gasteiger partial charge in [0.1, 0.15) is 17.4 Å². The van der Waals surface area contributed by atoms with Gasteiger partial charge < -0.3 is 14.8 Å². The molecule has 0 spiro atoms. The summed E-state index contributed by atoms with van der Waals surface area (Å²) >= 11 is 0. The lowest BCUT2D eigenvalue weighted by atomic mass is 10.1. The summed E-state index contributed by atoms with van der Waals surface area (Å²) in [7, 11) is 0. The third kappa shape index (κ3) is 6.67. The molecule has 2 aromatic rings. The van der Waals surface area contributed by atoms with Crippen LogP contribution in [0.2, 0.25) is 0 Å². The second-order valence-corrected chi connectivity index (χ2v) is 5.50. The minimum absolute atomic E-state index is 0.00567. The van der Waals surface area contributed by atoms with E-state index in [1.54, 1.807) is 31.2 Å². The SMILES string of the molecule is CCOC(=O)COc1ccc(/C=C(/C#N)C(=O)NCc2ccccc2)cc1. The molecule has 138 valence electrons. The number of rotatable bonds is 8. The normalized spacial score (nSPS) is 10.6. The van der Waals surface area contributed by atoms with Crippen molar-refractivity contribution < 1.29 is 19.1 Å². The Labute approximate surface area is 158 Å². The topological polar surface area (TPSA) is 88.4 Å². The number of hydrogen-bond acceptors (Lipinski definition) is 5. The maximum Gasteiger partial charge on any atom is 0.344 e. The van der Waals surface area contributed by atoms with Gasteiger partial charge in [0.05, 0.1) is 6.61 Å². The first-order chi connectivity index (χ1) is 13.1. The Balaban J connectivity index is 1.95. The minimum Gasteiger partial charge on any atom is -0.482 e. The quantitative estimate of drug-likeness (QED) is 0.442. The Kier molecular flexibility index (Phi) is 7.61. The molecular weight excluding hydrogens is 344 g/mol. The predicted octanol–water partition coefficient (Wildman–Crippen LogP) is 2.85. The van der Waals surface area contributed by atoms with E-state index in [9.17, 15) is 14.9 Å². The van der Waals surface area contributed by atoms with Crippen LogP contribution in [0.1, 0.15) is 18.1 Å². The van der Waals surface area contributed by atoms with E-state index in [4.69, 9.17) is 9.47 Å². The van der Waals surface area contributed by atoms with Crippen molar-refractivity contribution in [1.29, 1.82) is 5.26 Å². The van der Waals surface area contributed by atoms with E-state index in [0.717, 1.165) is 5.56 Å². The van der Waals surface area contributed by atoms with Crippen LogP contribution in [0.15, 0.2) is 60.2 Å². The van der Waals surface area contributed by atoms with E-state index in [0.29, 0.717) is 24.5 Å². The molecular formula is C21H20N2O4. The number of ether oxygens (including phenoxy) is 2. The van der Waals surface area contributed by atoms with E-state index in [1.165, 1.54) is 6.08 Å². The number of esters is 1. The zero-order valence-electron chi connectivity index (χ0n) is 15.0. The van der Waals surface area contributed by atoms with Crippen LogP contribution >= 0.6 is 0 Å². The summed E-state index contributed by atoms with van der Waals surface area (Å²) in [6.07, 6.45) is 1.50. The lowest BCUT2D eigenvalue weighted by Gasteiger charge is -2.06. The highest BCUT2D eigenvalue weighted by Crippen LogP contribution is 2.15. The van der Waals surface area contributed by atoms with Crippen LogP contribution in [0.5, 0.6) is 5.75 Å². The van der Waals surface area contributed by atoms with E-state index in [-0.39, 0.29) is 12.2 Å².